The Morgan fingerprint density at radius 2 is 1.92 bits per heavy atom. The number of carbonyl (C=O) groups excluding carboxylic acids is 1. The van der Waals surface area contributed by atoms with Crippen molar-refractivity contribution in [3.05, 3.63) is 59.4 Å². The molecule has 0 radical (unpaired) electrons. The maximum absolute atomic E-state index is 12.1. The first kappa shape index (κ1) is 18.9. The molecule has 134 valence electrons. The van der Waals surface area contributed by atoms with E-state index in [2.05, 4.69) is 10.3 Å². The predicted molar refractivity (Wildman–Crippen MR) is 98.8 cm³/mol. The Morgan fingerprint density at radius 3 is 2.52 bits per heavy atom. The smallest absolute Gasteiger partial charge is 0.232 e. The molecule has 1 aromatic heterocycles. The van der Waals surface area contributed by atoms with E-state index in [0.717, 1.165) is 23.1 Å². The van der Waals surface area contributed by atoms with Gasteiger partial charge in [-0.2, -0.15) is 0 Å². The summed E-state index contributed by atoms with van der Waals surface area (Å²) in [6, 6.07) is 10.9. The molecule has 0 saturated heterocycles. The van der Waals surface area contributed by atoms with Crippen molar-refractivity contribution >= 4 is 21.6 Å². The minimum absolute atomic E-state index is 0.0762. The van der Waals surface area contributed by atoms with Crippen molar-refractivity contribution in [1.29, 1.82) is 0 Å². The molecular weight excluding hydrogens is 338 g/mol. The molecule has 0 saturated carbocycles. The molecule has 0 atom stereocenters. The maximum Gasteiger partial charge on any atom is 0.232 e. The maximum atomic E-state index is 12.1. The Kier molecular flexibility index (Phi) is 6.14. The molecule has 1 heterocycles. The largest absolute Gasteiger partial charge is 0.350 e. The fourth-order valence-corrected chi connectivity index (χ4v) is 3.27. The Labute approximate surface area is 148 Å². The van der Waals surface area contributed by atoms with Crippen LogP contribution in [0.4, 0.5) is 5.69 Å². The second kappa shape index (κ2) is 8.11. The number of nitrogens with one attached hydrogen (secondary N) is 1. The molecule has 0 aliphatic rings. The van der Waals surface area contributed by atoms with E-state index in [4.69, 9.17) is 0 Å². The molecule has 0 unspecified atom stereocenters. The summed E-state index contributed by atoms with van der Waals surface area (Å²) in [5, 5.41) is 2.75. The lowest BCUT2D eigenvalue weighted by atomic mass is 10.1. The van der Waals surface area contributed by atoms with Crippen LogP contribution in [-0.2, 0) is 21.4 Å². The summed E-state index contributed by atoms with van der Waals surface area (Å²) in [5.41, 5.74) is 3.42. The average Bonchev–Trinajstić information content (AvgIpc) is 2.56. The highest BCUT2D eigenvalue weighted by atomic mass is 32.2. The number of anilines is 1. The van der Waals surface area contributed by atoms with E-state index in [9.17, 15) is 13.2 Å². The number of aryl methyl sites for hydroxylation is 2. The van der Waals surface area contributed by atoms with Gasteiger partial charge in [0.1, 0.15) is 0 Å². The van der Waals surface area contributed by atoms with Crippen molar-refractivity contribution in [2.24, 2.45) is 0 Å². The van der Waals surface area contributed by atoms with Crippen molar-refractivity contribution in [1.82, 2.24) is 10.3 Å². The summed E-state index contributed by atoms with van der Waals surface area (Å²) >= 11 is 0. The molecule has 25 heavy (non-hydrogen) atoms. The molecule has 6 nitrogen and oxygen atoms in total. The summed E-state index contributed by atoms with van der Waals surface area (Å²) in [6.07, 6.45) is 2.88. The van der Waals surface area contributed by atoms with E-state index in [1.165, 1.54) is 4.31 Å². The van der Waals surface area contributed by atoms with Crippen LogP contribution in [0.5, 0.6) is 0 Å². The minimum atomic E-state index is -3.47. The summed E-state index contributed by atoms with van der Waals surface area (Å²) < 4.78 is 25.5. The first-order valence-corrected chi connectivity index (χ1v) is 9.84. The Morgan fingerprint density at radius 1 is 1.16 bits per heavy atom. The number of amides is 1. The predicted octanol–water partition coefficient (Wildman–Crippen LogP) is 2.17. The van der Waals surface area contributed by atoms with Crippen LogP contribution in [0.15, 0.2) is 42.6 Å². The Bertz CT molecular complexity index is 836. The number of hydrogen-bond acceptors (Lipinski definition) is 4. The zero-order chi connectivity index (χ0) is 18.4. The Hall–Kier alpha value is -2.41. The summed E-state index contributed by atoms with van der Waals surface area (Å²) in [4.78, 5) is 16.2. The number of sulfonamides is 1. The van der Waals surface area contributed by atoms with Gasteiger partial charge in [0.2, 0.25) is 15.9 Å². The van der Waals surface area contributed by atoms with Crippen LogP contribution in [0, 0.1) is 13.8 Å². The van der Waals surface area contributed by atoms with Crippen molar-refractivity contribution in [3.8, 4) is 0 Å². The molecule has 2 rings (SSSR count). The molecule has 0 bridgehead atoms. The average molecular weight is 361 g/mol. The molecule has 0 aliphatic carbocycles. The monoisotopic (exact) mass is 361 g/mol. The van der Waals surface area contributed by atoms with Gasteiger partial charge in [-0.05, 0) is 49.2 Å². The van der Waals surface area contributed by atoms with E-state index in [0.29, 0.717) is 12.2 Å². The first-order chi connectivity index (χ1) is 11.8. The highest BCUT2D eigenvalue weighted by Gasteiger charge is 2.19. The molecule has 0 aliphatic heterocycles. The van der Waals surface area contributed by atoms with E-state index in [1.54, 1.807) is 18.3 Å². The molecule has 2 aromatic rings. The molecule has 1 N–H and O–H groups in total. The van der Waals surface area contributed by atoms with Gasteiger partial charge in [0, 0.05) is 19.2 Å². The molecule has 1 amide bonds. The molecule has 7 heteroatoms. The van der Waals surface area contributed by atoms with Gasteiger partial charge in [-0.1, -0.05) is 12.1 Å². The highest BCUT2D eigenvalue weighted by molar-refractivity contribution is 7.92. The van der Waals surface area contributed by atoms with Gasteiger partial charge in [-0.25, -0.2) is 8.42 Å². The molecule has 0 spiro atoms. The number of aromatic nitrogens is 1. The van der Waals surface area contributed by atoms with E-state index < -0.39 is 10.0 Å². The summed E-state index contributed by atoms with van der Waals surface area (Å²) in [6.45, 7) is 4.31. The first-order valence-electron chi connectivity index (χ1n) is 7.99. The molecule has 0 fully saturated rings. The van der Waals surface area contributed by atoms with Gasteiger partial charge in [-0.15, -0.1) is 0 Å². The second-order valence-corrected chi connectivity index (χ2v) is 7.86. The van der Waals surface area contributed by atoms with Gasteiger partial charge in [-0.3, -0.25) is 14.1 Å². The normalized spacial score (nSPS) is 11.2. The number of rotatable bonds is 7. The fraction of sp³-hybridized carbons (Fsp3) is 0.333. The third kappa shape index (κ3) is 5.56. The van der Waals surface area contributed by atoms with Crippen LogP contribution in [0.2, 0.25) is 0 Å². The number of benzene rings is 1. The van der Waals surface area contributed by atoms with E-state index in [-0.39, 0.29) is 18.9 Å². The van der Waals surface area contributed by atoms with Gasteiger partial charge in [0.05, 0.1) is 24.2 Å². The van der Waals surface area contributed by atoms with Gasteiger partial charge < -0.3 is 5.32 Å². The van der Waals surface area contributed by atoms with Crippen LogP contribution < -0.4 is 9.62 Å². The minimum Gasteiger partial charge on any atom is -0.350 e. The third-order valence-electron chi connectivity index (χ3n) is 3.91. The van der Waals surface area contributed by atoms with Gasteiger partial charge >= 0.3 is 0 Å². The zero-order valence-electron chi connectivity index (χ0n) is 14.7. The summed E-state index contributed by atoms with van der Waals surface area (Å²) in [7, 11) is -3.47. The zero-order valence-corrected chi connectivity index (χ0v) is 15.5. The number of carbonyl (C=O) groups is 1. The number of hydrogen-bond donors (Lipinski definition) is 1. The standard InChI is InChI=1S/C18H23N3O3S/c1-14-7-8-17(12-15(14)2)21(25(3,23)24)11-9-18(22)20-13-16-6-4-5-10-19-16/h4-8,10,12H,9,11,13H2,1-3H3,(H,20,22). The molecule has 1 aromatic carbocycles. The topological polar surface area (TPSA) is 79.4 Å². The lowest BCUT2D eigenvalue weighted by molar-refractivity contribution is -0.121. The number of pyridine rings is 1. The van der Waals surface area contributed by atoms with Crippen molar-refractivity contribution in [2.45, 2.75) is 26.8 Å². The molecular formula is C18H23N3O3S. The van der Waals surface area contributed by atoms with Gasteiger partial charge in [0.15, 0.2) is 0 Å². The van der Waals surface area contributed by atoms with Crippen molar-refractivity contribution in [2.75, 3.05) is 17.1 Å². The van der Waals surface area contributed by atoms with Gasteiger partial charge in [0.25, 0.3) is 0 Å². The van der Waals surface area contributed by atoms with Crippen LogP contribution in [0.25, 0.3) is 0 Å². The van der Waals surface area contributed by atoms with Crippen molar-refractivity contribution < 1.29 is 13.2 Å². The van der Waals surface area contributed by atoms with Crippen LogP contribution in [0.1, 0.15) is 23.2 Å². The number of nitrogens with zero attached hydrogens (tertiary/aromatic N) is 2. The summed E-state index contributed by atoms with van der Waals surface area (Å²) in [5.74, 6) is -0.219. The lowest BCUT2D eigenvalue weighted by Gasteiger charge is -2.23. The lowest BCUT2D eigenvalue weighted by Crippen LogP contribution is -2.34. The quantitative estimate of drug-likeness (QED) is 0.820. The van der Waals surface area contributed by atoms with Crippen molar-refractivity contribution in [3.63, 3.8) is 0 Å². The van der Waals surface area contributed by atoms with Crippen LogP contribution >= 0.6 is 0 Å². The van der Waals surface area contributed by atoms with Crippen LogP contribution in [-0.4, -0.2) is 32.1 Å². The van der Waals surface area contributed by atoms with Crippen LogP contribution in [0.3, 0.4) is 0 Å². The van der Waals surface area contributed by atoms with E-state index >= 15 is 0 Å². The Balaban J connectivity index is 2.00. The highest BCUT2D eigenvalue weighted by Crippen LogP contribution is 2.21. The SMILES string of the molecule is Cc1ccc(N(CCC(=O)NCc2ccccn2)S(C)(=O)=O)cc1C. The second-order valence-electron chi connectivity index (χ2n) is 5.95. The third-order valence-corrected chi connectivity index (χ3v) is 5.11. The van der Waals surface area contributed by atoms with E-state index in [1.807, 2.05) is 38.1 Å². The fourth-order valence-electron chi connectivity index (χ4n) is 2.35.